The average molecular weight is 402 g/mol. The monoisotopic (exact) mass is 402 g/mol. The number of carbonyl (C=O) groups is 2. The van der Waals surface area contributed by atoms with Gasteiger partial charge in [-0.15, -0.1) is 0 Å². The summed E-state index contributed by atoms with van der Waals surface area (Å²) in [4.78, 5) is 33.8. The number of rotatable bonds is 8. The number of esters is 1. The first kappa shape index (κ1) is 21.2. The molecule has 0 aromatic heterocycles. The predicted molar refractivity (Wildman–Crippen MR) is 101 cm³/mol. The van der Waals surface area contributed by atoms with Gasteiger partial charge < -0.3 is 24.7 Å². The molecular weight excluding hydrogens is 384 g/mol. The van der Waals surface area contributed by atoms with Crippen molar-refractivity contribution < 1.29 is 33.5 Å². The molecule has 0 saturated carbocycles. The van der Waals surface area contributed by atoms with Gasteiger partial charge in [-0.3, -0.25) is 10.1 Å². The van der Waals surface area contributed by atoms with E-state index in [1.807, 2.05) is 0 Å². The molecule has 0 radical (unpaired) electrons. The third kappa shape index (κ3) is 5.45. The Kier molecular flexibility index (Phi) is 7.13. The molecule has 29 heavy (non-hydrogen) atoms. The number of nitro groups is 1. The second kappa shape index (κ2) is 9.74. The zero-order chi connectivity index (χ0) is 21.4. The quantitative estimate of drug-likeness (QED) is 0.177. The van der Waals surface area contributed by atoms with Crippen LogP contribution in [0.3, 0.4) is 0 Å². The van der Waals surface area contributed by atoms with Crippen molar-refractivity contribution in [3.05, 3.63) is 76.0 Å². The Labute approximate surface area is 165 Å². The smallest absolute Gasteiger partial charge is 0.407 e. The number of methoxy groups -OCH3 is 2. The summed E-state index contributed by atoms with van der Waals surface area (Å²) < 4.78 is 20.4. The Hall–Kier alpha value is -4.08. The Morgan fingerprint density at radius 1 is 1.10 bits per heavy atom. The lowest BCUT2D eigenvalue weighted by Gasteiger charge is -2.21. The molecule has 1 amide bonds. The maximum absolute atomic E-state index is 12.2. The van der Waals surface area contributed by atoms with Crippen LogP contribution in [0.1, 0.15) is 17.4 Å². The van der Waals surface area contributed by atoms with Crippen LogP contribution in [-0.2, 0) is 19.0 Å². The van der Waals surface area contributed by atoms with Crippen LogP contribution in [0.2, 0.25) is 0 Å². The maximum Gasteiger partial charge on any atom is 0.407 e. The highest BCUT2D eigenvalue weighted by Gasteiger charge is 2.25. The van der Waals surface area contributed by atoms with Crippen LogP contribution in [-0.4, -0.2) is 31.2 Å². The summed E-state index contributed by atoms with van der Waals surface area (Å²) in [5, 5.41) is 10.8. The summed E-state index contributed by atoms with van der Waals surface area (Å²) in [6.45, 7) is 0. The largest absolute Gasteiger partial charge is 0.503 e. The number of amides is 1. The van der Waals surface area contributed by atoms with E-state index in [4.69, 9.17) is 24.7 Å². The molecule has 1 unspecified atom stereocenters. The number of hydrogen-bond acceptors (Lipinski definition) is 8. The Balaban J connectivity index is 2.47. The Morgan fingerprint density at radius 3 is 2.31 bits per heavy atom. The van der Waals surface area contributed by atoms with Gasteiger partial charge in [-0.25, -0.2) is 9.59 Å². The van der Waals surface area contributed by atoms with Gasteiger partial charge >= 0.3 is 12.1 Å². The molecule has 0 aliphatic carbocycles. The Bertz CT molecular complexity index is 924. The van der Waals surface area contributed by atoms with Gasteiger partial charge in [0.05, 0.1) is 25.4 Å². The molecule has 2 aromatic carbocycles. The van der Waals surface area contributed by atoms with Crippen molar-refractivity contribution in [3.63, 3.8) is 0 Å². The van der Waals surface area contributed by atoms with E-state index < -0.39 is 23.3 Å². The lowest BCUT2D eigenvalue weighted by Crippen LogP contribution is -2.22. The fraction of sp³-hybridized carbons (Fsp3) is 0.158. The number of non-ortho nitro benzene ring substituents is 1. The van der Waals surface area contributed by atoms with Crippen molar-refractivity contribution in [2.45, 2.75) is 6.29 Å². The fourth-order valence-corrected chi connectivity index (χ4v) is 2.42. The normalized spacial score (nSPS) is 11.9. The van der Waals surface area contributed by atoms with E-state index in [0.717, 1.165) is 0 Å². The third-order valence-electron chi connectivity index (χ3n) is 3.66. The van der Waals surface area contributed by atoms with Crippen molar-refractivity contribution in [2.24, 2.45) is 5.73 Å². The Morgan fingerprint density at radius 2 is 1.76 bits per heavy atom. The maximum atomic E-state index is 12.2. The van der Waals surface area contributed by atoms with Crippen molar-refractivity contribution in [1.29, 1.82) is 0 Å². The number of ether oxygens (including phenoxy) is 4. The summed E-state index contributed by atoms with van der Waals surface area (Å²) in [6.07, 6.45) is -1.30. The molecule has 0 aliphatic heterocycles. The summed E-state index contributed by atoms with van der Waals surface area (Å²) in [7, 11) is 2.57. The van der Waals surface area contributed by atoms with E-state index in [1.54, 1.807) is 24.3 Å². The van der Waals surface area contributed by atoms with Crippen molar-refractivity contribution in [3.8, 4) is 5.75 Å². The molecule has 152 valence electrons. The van der Waals surface area contributed by atoms with E-state index in [-0.39, 0.29) is 22.6 Å². The first-order chi connectivity index (χ1) is 13.9. The number of nitro benzene ring substituents is 1. The minimum absolute atomic E-state index is 0.0518. The zero-order valence-corrected chi connectivity index (χ0v) is 15.6. The number of nitrogens with zero attached hydrogens (tertiary/aromatic N) is 1. The molecule has 0 saturated heterocycles. The van der Waals surface area contributed by atoms with E-state index in [2.05, 4.69) is 0 Å². The number of benzene rings is 2. The van der Waals surface area contributed by atoms with E-state index in [0.29, 0.717) is 5.56 Å². The molecule has 10 nitrogen and oxygen atoms in total. The summed E-state index contributed by atoms with van der Waals surface area (Å²) >= 11 is 0. The van der Waals surface area contributed by atoms with Crippen molar-refractivity contribution in [2.75, 3.05) is 14.2 Å². The number of hydrogen-bond donors (Lipinski definition) is 1. The van der Waals surface area contributed by atoms with Crippen LogP contribution >= 0.6 is 0 Å². The summed E-state index contributed by atoms with van der Waals surface area (Å²) in [5.74, 6) is -0.514. The van der Waals surface area contributed by atoms with Crippen LogP contribution in [0.5, 0.6) is 5.75 Å². The molecule has 0 heterocycles. The van der Waals surface area contributed by atoms with Gasteiger partial charge in [-0.05, 0) is 12.1 Å². The highest BCUT2D eigenvalue weighted by Crippen LogP contribution is 2.31. The highest BCUT2D eigenvalue weighted by molar-refractivity contribution is 6.16. The molecule has 0 bridgehead atoms. The van der Waals surface area contributed by atoms with Crippen molar-refractivity contribution >= 4 is 23.3 Å². The molecule has 2 rings (SSSR count). The molecule has 2 aromatic rings. The number of primary amides is 1. The standard InChI is InChI=1S/C19H18N2O8/c1-26-11-16(17(22)27-2)14-5-3-4-6-15(14)18(29-19(20)23)28-13-9-7-12(8-10-13)21(24)25/h3-11,18H,1-2H3,(H2,20,23)/b16-11+. The first-order valence-corrected chi connectivity index (χ1v) is 8.15. The zero-order valence-electron chi connectivity index (χ0n) is 15.6. The van der Waals surface area contributed by atoms with Crippen LogP contribution in [0.15, 0.2) is 54.8 Å². The number of nitrogens with two attached hydrogens (primary N) is 1. The minimum Gasteiger partial charge on any atom is -0.503 e. The fourth-order valence-electron chi connectivity index (χ4n) is 2.42. The summed E-state index contributed by atoms with van der Waals surface area (Å²) in [5.41, 5.74) is 5.66. The van der Waals surface area contributed by atoms with Crippen LogP contribution in [0.4, 0.5) is 10.5 Å². The van der Waals surface area contributed by atoms with E-state index in [1.165, 1.54) is 44.7 Å². The third-order valence-corrected chi connectivity index (χ3v) is 3.66. The topological polar surface area (TPSA) is 140 Å². The number of carbonyl (C=O) groups excluding carboxylic acids is 2. The molecule has 2 N–H and O–H groups in total. The van der Waals surface area contributed by atoms with Gasteiger partial charge in [0.25, 0.3) is 12.0 Å². The van der Waals surface area contributed by atoms with Crippen LogP contribution in [0.25, 0.3) is 5.57 Å². The first-order valence-electron chi connectivity index (χ1n) is 8.15. The van der Waals surface area contributed by atoms with Gasteiger partial charge in [0.1, 0.15) is 11.3 Å². The van der Waals surface area contributed by atoms with Crippen molar-refractivity contribution in [1.82, 2.24) is 0 Å². The molecule has 0 spiro atoms. The second-order valence-electron chi connectivity index (χ2n) is 5.48. The SMILES string of the molecule is CO/C=C(/C(=O)OC)c1ccccc1C(OC(N)=O)Oc1ccc([N+](=O)[O-])cc1. The summed E-state index contributed by atoms with van der Waals surface area (Å²) in [6, 6.07) is 11.6. The van der Waals surface area contributed by atoms with Gasteiger partial charge in [0.2, 0.25) is 0 Å². The van der Waals surface area contributed by atoms with E-state index in [9.17, 15) is 19.7 Å². The van der Waals surface area contributed by atoms with Gasteiger partial charge in [-0.2, -0.15) is 0 Å². The molecular formula is C19H18N2O8. The average Bonchev–Trinajstić information content (AvgIpc) is 2.71. The lowest BCUT2D eigenvalue weighted by atomic mass is 10.00. The highest BCUT2D eigenvalue weighted by atomic mass is 16.7. The predicted octanol–water partition coefficient (Wildman–Crippen LogP) is 2.93. The van der Waals surface area contributed by atoms with Gasteiger partial charge in [0, 0.05) is 23.3 Å². The van der Waals surface area contributed by atoms with Crippen LogP contribution in [0, 0.1) is 10.1 Å². The lowest BCUT2D eigenvalue weighted by molar-refractivity contribution is -0.384. The molecule has 0 fully saturated rings. The second-order valence-corrected chi connectivity index (χ2v) is 5.48. The molecule has 0 aliphatic rings. The van der Waals surface area contributed by atoms with Gasteiger partial charge in [0.15, 0.2) is 0 Å². The molecule has 10 heteroatoms. The minimum atomic E-state index is -1.35. The van der Waals surface area contributed by atoms with Crippen LogP contribution < -0.4 is 10.5 Å². The van der Waals surface area contributed by atoms with Gasteiger partial charge in [-0.1, -0.05) is 24.3 Å². The van der Waals surface area contributed by atoms with E-state index >= 15 is 0 Å². The molecule has 1 atom stereocenters.